The average Bonchev–Trinajstić information content (AvgIpc) is 2.59. The molecule has 0 amide bonds. The van der Waals surface area contributed by atoms with Crippen LogP contribution in [0.4, 0.5) is 0 Å². The summed E-state index contributed by atoms with van der Waals surface area (Å²) < 4.78 is 1.67. The summed E-state index contributed by atoms with van der Waals surface area (Å²) in [5, 5.41) is 20.3. The van der Waals surface area contributed by atoms with Gasteiger partial charge < -0.3 is 10.4 Å². The van der Waals surface area contributed by atoms with Crippen molar-refractivity contribution in [2.75, 3.05) is 6.61 Å². The number of nitrogens with one attached hydrogen (secondary N) is 1. The summed E-state index contributed by atoms with van der Waals surface area (Å²) in [5.74, 6) is 0. The number of aromatic nitrogens is 3. The van der Waals surface area contributed by atoms with Gasteiger partial charge in [-0.25, -0.2) is 4.68 Å². The summed E-state index contributed by atoms with van der Waals surface area (Å²) in [6.07, 6.45) is 1.88. The van der Waals surface area contributed by atoms with E-state index in [0.717, 1.165) is 12.2 Å². The molecule has 0 unspecified atom stereocenters. The lowest BCUT2D eigenvalue weighted by Crippen LogP contribution is -2.21. The molecule has 1 aromatic rings. The van der Waals surface area contributed by atoms with Crippen molar-refractivity contribution >= 4 is 0 Å². The molecule has 2 rings (SSSR count). The molecule has 1 aliphatic carbocycles. The van der Waals surface area contributed by atoms with Gasteiger partial charge in [0.05, 0.1) is 18.8 Å². The highest BCUT2D eigenvalue weighted by Gasteiger charge is 2.64. The van der Waals surface area contributed by atoms with E-state index in [1.807, 2.05) is 6.20 Å². The zero-order valence-corrected chi connectivity index (χ0v) is 11.1. The first-order valence-electron chi connectivity index (χ1n) is 6.13. The highest BCUT2D eigenvalue weighted by atomic mass is 16.3. The van der Waals surface area contributed by atoms with Gasteiger partial charge in [-0.05, 0) is 10.8 Å². The lowest BCUT2D eigenvalue weighted by Gasteiger charge is -2.03. The van der Waals surface area contributed by atoms with Crippen molar-refractivity contribution in [1.82, 2.24) is 20.3 Å². The molecule has 0 saturated heterocycles. The fourth-order valence-electron chi connectivity index (χ4n) is 2.54. The van der Waals surface area contributed by atoms with E-state index in [1.54, 1.807) is 4.68 Å². The molecule has 1 saturated carbocycles. The Morgan fingerprint density at radius 3 is 2.53 bits per heavy atom. The molecule has 1 fully saturated rings. The molecule has 0 bridgehead atoms. The van der Waals surface area contributed by atoms with Gasteiger partial charge in [0.2, 0.25) is 0 Å². The standard InChI is InChI=1S/C12H22N4O/c1-11(2)10(12(11,3)4)13-7-9-8-16(5-6-17)15-14-9/h8,10,13,17H,5-7H2,1-4H3. The van der Waals surface area contributed by atoms with Crippen molar-refractivity contribution < 1.29 is 5.11 Å². The largest absolute Gasteiger partial charge is 0.394 e. The van der Waals surface area contributed by atoms with Gasteiger partial charge in [-0.2, -0.15) is 0 Å². The number of aliphatic hydroxyl groups excluding tert-OH is 1. The normalized spacial score (nSPS) is 21.7. The summed E-state index contributed by atoms with van der Waals surface area (Å²) in [4.78, 5) is 0. The molecule has 0 radical (unpaired) electrons. The Hall–Kier alpha value is -0.940. The molecule has 2 N–H and O–H groups in total. The van der Waals surface area contributed by atoms with Crippen LogP contribution < -0.4 is 5.32 Å². The topological polar surface area (TPSA) is 63.0 Å². The SMILES string of the molecule is CC1(C)C(NCc2cn(CCO)nn2)C1(C)C. The number of hydrogen-bond acceptors (Lipinski definition) is 4. The number of aliphatic hydroxyl groups is 1. The Bertz CT molecular complexity index is 383. The van der Waals surface area contributed by atoms with E-state index >= 15 is 0 Å². The van der Waals surface area contributed by atoms with Crippen molar-refractivity contribution in [3.8, 4) is 0 Å². The molecular formula is C12H22N4O. The van der Waals surface area contributed by atoms with Gasteiger partial charge in [0.1, 0.15) is 0 Å². The molecule has 0 aromatic carbocycles. The Balaban J connectivity index is 1.87. The quantitative estimate of drug-likeness (QED) is 0.796. The lowest BCUT2D eigenvalue weighted by atomic mass is 10.0. The van der Waals surface area contributed by atoms with E-state index in [9.17, 15) is 0 Å². The molecule has 0 aliphatic heterocycles. The fraction of sp³-hybridized carbons (Fsp3) is 0.833. The minimum absolute atomic E-state index is 0.0961. The molecule has 0 atom stereocenters. The first-order chi connectivity index (χ1) is 7.89. The predicted octanol–water partition coefficient (Wildman–Crippen LogP) is 0.795. The lowest BCUT2D eigenvalue weighted by molar-refractivity contribution is 0.268. The van der Waals surface area contributed by atoms with Crippen LogP contribution in [-0.4, -0.2) is 32.7 Å². The molecule has 17 heavy (non-hydrogen) atoms. The van der Waals surface area contributed by atoms with Crippen molar-refractivity contribution in [3.05, 3.63) is 11.9 Å². The molecule has 5 heteroatoms. The molecule has 96 valence electrons. The van der Waals surface area contributed by atoms with Crippen molar-refractivity contribution in [2.45, 2.75) is 46.8 Å². The minimum atomic E-state index is 0.0961. The third-order valence-electron chi connectivity index (χ3n) is 4.42. The predicted molar refractivity (Wildman–Crippen MR) is 65.3 cm³/mol. The minimum Gasteiger partial charge on any atom is -0.394 e. The summed E-state index contributed by atoms with van der Waals surface area (Å²) in [7, 11) is 0. The van der Waals surface area contributed by atoms with E-state index in [4.69, 9.17) is 5.11 Å². The maximum absolute atomic E-state index is 8.79. The smallest absolute Gasteiger partial charge is 0.0964 e. The number of hydrogen-bond donors (Lipinski definition) is 2. The van der Waals surface area contributed by atoms with E-state index in [0.29, 0.717) is 23.4 Å². The second-order valence-corrected chi connectivity index (χ2v) is 5.95. The van der Waals surface area contributed by atoms with E-state index in [2.05, 4.69) is 43.3 Å². The van der Waals surface area contributed by atoms with Crippen LogP contribution in [0.15, 0.2) is 6.20 Å². The summed E-state index contributed by atoms with van der Waals surface area (Å²) in [6, 6.07) is 0.526. The van der Waals surface area contributed by atoms with Crippen LogP contribution in [0.1, 0.15) is 33.4 Å². The zero-order chi connectivity index (χ0) is 12.7. The highest BCUT2D eigenvalue weighted by molar-refractivity contribution is 5.18. The monoisotopic (exact) mass is 238 g/mol. The third-order valence-corrected chi connectivity index (χ3v) is 4.42. The highest BCUT2D eigenvalue weighted by Crippen LogP contribution is 2.62. The van der Waals surface area contributed by atoms with Crippen molar-refractivity contribution in [2.24, 2.45) is 10.8 Å². The van der Waals surface area contributed by atoms with Crippen LogP contribution in [0.2, 0.25) is 0 Å². The van der Waals surface area contributed by atoms with E-state index in [1.165, 1.54) is 0 Å². The molecule has 5 nitrogen and oxygen atoms in total. The Kier molecular flexibility index (Phi) is 2.99. The third kappa shape index (κ3) is 2.09. The first kappa shape index (κ1) is 12.5. The fourth-order valence-corrected chi connectivity index (χ4v) is 2.54. The maximum atomic E-state index is 8.79. The Morgan fingerprint density at radius 1 is 1.35 bits per heavy atom. The van der Waals surface area contributed by atoms with Gasteiger partial charge in [0.15, 0.2) is 0 Å². The van der Waals surface area contributed by atoms with Crippen LogP contribution in [0, 0.1) is 10.8 Å². The zero-order valence-electron chi connectivity index (χ0n) is 11.1. The Labute approximate surface area is 102 Å². The molecule has 0 spiro atoms. The van der Waals surface area contributed by atoms with Crippen LogP contribution >= 0.6 is 0 Å². The van der Waals surface area contributed by atoms with E-state index < -0.39 is 0 Å². The molecule has 1 heterocycles. The van der Waals surface area contributed by atoms with Crippen LogP contribution in [0.5, 0.6) is 0 Å². The summed E-state index contributed by atoms with van der Waals surface area (Å²) in [6.45, 7) is 10.5. The second-order valence-electron chi connectivity index (χ2n) is 5.95. The van der Waals surface area contributed by atoms with Crippen molar-refractivity contribution in [3.63, 3.8) is 0 Å². The summed E-state index contributed by atoms with van der Waals surface area (Å²) in [5.41, 5.74) is 1.61. The number of rotatable bonds is 5. The molecule has 1 aromatic heterocycles. The van der Waals surface area contributed by atoms with Gasteiger partial charge >= 0.3 is 0 Å². The Morgan fingerprint density at radius 2 is 2.00 bits per heavy atom. The molecular weight excluding hydrogens is 216 g/mol. The average molecular weight is 238 g/mol. The molecule has 1 aliphatic rings. The van der Waals surface area contributed by atoms with Gasteiger partial charge in [-0.3, -0.25) is 0 Å². The second kappa shape index (κ2) is 4.07. The van der Waals surface area contributed by atoms with Crippen LogP contribution in [0.3, 0.4) is 0 Å². The van der Waals surface area contributed by atoms with Gasteiger partial charge in [-0.1, -0.05) is 32.9 Å². The van der Waals surface area contributed by atoms with Crippen molar-refractivity contribution in [1.29, 1.82) is 0 Å². The van der Waals surface area contributed by atoms with Gasteiger partial charge in [0, 0.05) is 18.8 Å². The van der Waals surface area contributed by atoms with Gasteiger partial charge in [0.25, 0.3) is 0 Å². The maximum Gasteiger partial charge on any atom is 0.0964 e. The van der Waals surface area contributed by atoms with E-state index in [-0.39, 0.29) is 6.61 Å². The summed E-state index contributed by atoms with van der Waals surface area (Å²) >= 11 is 0. The number of nitrogens with zero attached hydrogens (tertiary/aromatic N) is 3. The first-order valence-corrected chi connectivity index (χ1v) is 6.13. The van der Waals surface area contributed by atoms with Crippen LogP contribution in [-0.2, 0) is 13.1 Å². The van der Waals surface area contributed by atoms with Gasteiger partial charge in [-0.15, -0.1) is 5.10 Å². The van der Waals surface area contributed by atoms with Crippen LogP contribution in [0.25, 0.3) is 0 Å².